The molecule has 1 N–H and O–H groups in total. The van der Waals surface area contributed by atoms with Crippen LogP contribution in [0.1, 0.15) is 37.5 Å². The molecule has 0 saturated heterocycles. The van der Waals surface area contributed by atoms with Crippen LogP contribution >= 0.6 is 0 Å². The number of carbonyl (C=O) groups excluding carboxylic acids is 2. The molecule has 0 spiro atoms. The summed E-state index contributed by atoms with van der Waals surface area (Å²) >= 11 is 0. The summed E-state index contributed by atoms with van der Waals surface area (Å²) in [6.07, 6.45) is 0. The zero-order chi connectivity index (χ0) is 20.7. The number of carbonyl (C=O) groups is 2. The van der Waals surface area contributed by atoms with Crippen molar-refractivity contribution in [3.8, 4) is 5.75 Å². The highest BCUT2D eigenvalue weighted by atomic mass is 16.5. The molecule has 28 heavy (non-hydrogen) atoms. The molecule has 2 aromatic carbocycles. The third-order valence-corrected chi connectivity index (χ3v) is 4.63. The van der Waals surface area contributed by atoms with Crippen molar-refractivity contribution in [2.24, 2.45) is 0 Å². The third kappa shape index (κ3) is 6.12. The van der Waals surface area contributed by atoms with Crippen LogP contribution in [0.4, 0.5) is 0 Å². The van der Waals surface area contributed by atoms with E-state index in [4.69, 9.17) is 4.74 Å². The fraction of sp³-hybridized carbons (Fsp3) is 0.391. The minimum absolute atomic E-state index is 0.00964. The first-order chi connectivity index (χ1) is 13.3. The summed E-state index contributed by atoms with van der Waals surface area (Å²) in [6.45, 7) is 9.81. The highest BCUT2D eigenvalue weighted by molar-refractivity contribution is 5.88. The molecule has 0 bridgehead atoms. The fourth-order valence-electron chi connectivity index (χ4n) is 2.80. The molecule has 0 saturated carbocycles. The van der Waals surface area contributed by atoms with E-state index in [1.54, 1.807) is 11.8 Å². The standard InChI is InChI=1S/C23H30N2O3/c1-16(2)24-23(27)19(5)25(14-20-9-7-6-8-10-20)22(26)15-28-21-12-11-17(3)18(4)13-21/h6-13,16,19H,14-15H2,1-5H3,(H,24,27). The normalized spacial score (nSPS) is 11.8. The quantitative estimate of drug-likeness (QED) is 0.759. The summed E-state index contributed by atoms with van der Waals surface area (Å²) in [4.78, 5) is 27.0. The summed E-state index contributed by atoms with van der Waals surface area (Å²) in [6, 6.07) is 14.8. The van der Waals surface area contributed by atoms with Gasteiger partial charge >= 0.3 is 0 Å². The first-order valence-corrected chi connectivity index (χ1v) is 9.61. The van der Waals surface area contributed by atoms with Gasteiger partial charge in [0.1, 0.15) is 11.8 Å². The van der Waals surface area contributed by atoms with Gasteiger partial charge in [-0.15, -0.1) is 0 Å². The maximum absolute atomic E-state index is 12.9. The van der Waals surface area contributed by atoms with Crippen LogP contribution in [0.25, 0.3) is 0 Å². The maximum Gasteiger partial charge on any atom is 0.261 e. The second-order valence-electron chi connectivity index (χ2n) is 7.38. The van der Waals surface area contributed by atoms with Gasteiger partial charge in [0, 0.05) is 12.6 Å². The average molecular weight is 383 g/mol. The Morgan fingerprint density at radius 1 is 1.00 bits per heavy atom. The molecule has 0 aliphatic carbocycles. The van der Waals surface area contributed by atoms with E-state index in [-0.39, 0.29) is 24.5 Å². The van der Waals surface area contributed by atoms with Gasteiger partial charge in [-0.2, -0.15) is 0 Å². The van der Waals surface area contributed by atoms with Gasteiger partial charge in [0.15, 0.2) is 6.61 Å². The largest absolute Gasteiger partial charge is 0.484 e. The van der Waals surface area contributed by atoms with E-state index in [2.05, 4.69) is 5.32 Å². The predicted octanol–water partition coefficient (Wildman–Crippen LogP) is 3.62. The Kier molecular flexibility index (Phi) is 7.61. The van der Waals surface area contributed by atoms with Gasteiger partial charge in [-0.25, -0.2) is 0 Å². The molecule has 2 rings (SSSR count). The molecule has 5 nitrogen and oxygen atoms in total. The number of rotatable bonds is 8. The SMILES string of the molecule is Cc1ccc(OCC(=O)N(Cc2ccccc2)C(C)C(=O)NC(C)C)cc1C. The van der Waals surface area contributed by atoms with Gasteiger partial charge in [-0.05, 0) is 63.4 Å². The van der Waals surface area contributed by atoms with E-state index in [0.29, 0.717) is 12.3 Å². The number of ether oxygens (including phenoxy) is 1. The summed E-state index contributed by atoms with van der Waals surface area (Å²) in [5.41, 5.74) is 3.24. The lowest BCUT2D eigenvalue weighted by atomic mass is 10.1. The van der Waals surface area contributed by atoms with Crippen LogP contribution in [-0.2, 0) is 16.1 Å². The van der Waals surface area contributed by atoms with Gasteiger partial charge in [-0.3, -0.25) is 9.59 Å². The molecule has 5 heteroatoms. The Labute approximate surface area is 167 Å². The Hall–Kier alpha value is -2.82. The summed E-state index contributed by atoms with van der Waals surface area (Å²) in [5, 5.41) is 2.88. The van der Waals surface area contributed by atoms with Crippen molar-refractivity contribution in [2.75, 3.05) is 6.61 Å². The molecule has 150 valence electrons. The van der Waals surface area contributed by atoms with Gasteiger partial charge in [0.25, 0.3) is 5.91 Å². The van der Waals surface area contributed by atoms with E-state index in [1.807, 2.05) is 76.2 Å². The molecule has 0 radical (unpaired) electrons. The number of hydrogen-bond donors (Lipinski definition) is 1. The molecular weight excluding hydrogens is 352 g/mol. The smallest absolute Gasteiger partial charge is 0.261 e. The van der Waals surface area contributed by atoms with E-state index < -0.39 is 6.04 Å². The van der Waals surface area contributed by atoms with Crippen LogP contribution in [0.5, 0.6) is 5.75 Å². The number of amides is 2. The van der Waals surface area contributed by atoms with Crippen molar-refractivity contribution in [2.45, 2.75) is 53.2 Å². The minimum atomic E-state index is -0.599. The zero-order valence-electron chi connectivity index (χ0n) is 17.4. The second kappa shape index (κ2) is 9.93. The number of nitrogens with one attached hydrogen (secondary N) is 1. The van der Waals surface area contributed by atoms with E-state index in [1.165, 1.54) is 5.56 Å². The van der Waals surface area contributed by atoms with Crippen LogP contribution in [0.3, 0.4) is 0 Å². The molecule has 1 unspecified atom stereocenters. The minimum Gasteiger partial charge on any atom is -0.484 e. The predicted molar refractivity (Wildman–Crippen MR) is 111 cm³/mol. The molecule has 0 fully saturated rings. The molecule has 1 atom stereocenters. The van der Waals surface area contributed by atoms with Crippen molar-refractivity contribution in [3.63, 3.8) is 0 Å². The highest BCUT2D eigenvalue weighted by Gasteiger charge is 2.26. The van der Waals surface area contributed by atoms with Crippen molar-refractivity contribution < 1.29 is 14.3 Å². The van der Waals surface area contributed by atoms with Crippen molar-refractivity contribution >= 4 is 11.8 Å². The Balaban J connectivity index is 2.13. The topological polar surface area (TPSA) is 58.6 Å². The van der Waals surface area contributed by atoms with E-state index >= 15 is 0 Å². The number of nitrogens with zero attached hydrogens (tertiary/aromatic N) is 1. The average Bonchev–Trinajstić information content (AvgIpc) is 2.66. The van der Waals surface area contributed by atoms with Crippen molar-refractivity contribution in [1.29, 1.82) is 0 Å². The molecule has 2 aromatic rings. The lowest BCUT2D eigenvalue weighted by Crippen LogP contribution is -2.50. The number of aryl methyl sites for hydroxylation is 2. The monoisotopic (exact) mass is 382 g/mol. The first-order valence-electron chi connectivity index (χ1n) is 9.61. The number of benzene rings is 2. The molecule has 0 aromatic heterocycles. The van der Waals surface area contributed by atoms with Crippen molar-refractivity contribution in [1.82, 2.24) is 10.2 Å². The van der Waals surface area contributed by atoms with Crippen LogP contribution in [0.15, 0.2) is 48.5 Å². The Bertz CT molecular complexity index is 803. The van der Waals surface area contributed by atoms with Gasteiger partial charge in [-0.1, -0.05) is 36.4 Å². The van der Waals surface area contributed by atoms with Crippen LogP contribution in [0.2, 0.25) is 0 Å². The van der Waals surface area contributed by atoms with Crippen molar-refractivity contribution in [3.05, 3.63) is 65.2 Å². The van der Waals surface area contributed by atoms with Crippen LogP contribution in [0, 0.1) is 13.8 Å². The zero-order valence-corrected chi connectivity index (χ0v) is 17.4. The summed E-state index contributed by atoms with van der Waals surface area (Å²) < 4.78 is 5.71. The maximum atomic E-state index is 12.9. The lowest BCUT2D eigenvalue weighted by Gasteiger charge is -2.29. The Morgan fingerprint density at radius 3 is 2.29 bits per heavy atom. The highest BCUT2D eigenvalue weighted by Crippen LogP contribution is 2.17. The Morgan fingerprint density at radius 2 is 1.68 bits per heavy atom. The van der Waals surface area contributed by atoms with Gasteiger partial charge in [0.2, 0.25) is 5.91 Å². The van der Waals surface area contributed by atoms with E-state index in [0.717, 1.165) is 11.1 Å². The third-order valence-electron chi connectivity index (χ3n) is 4.63. The van der Waals surface area contributed by atoms with Crippen LogP contribution < -0.4 is 10.1 Å². The van der Waals surface area contributed by atoms with E-state index in [9.17, 15) is 9.59 Å². The van der Waals surface area contributed by atoms with Gasteiger partial charge < -0.3 is 15.0 Å². The summed E-state index contributed by atoms with van der Waals surface area (Å²) in [7, 11) is 0. The first kappa shape index (κ1) is 21.5. The fourth-order valence-corrected chi connectivity index (χ4v) is 2.80. The molecular formula is C23H30N2O3. The van der Waals surface area contributed by atoms with Gasteiger partial charge in [0.05, 0.1) is 0 Å². The molecule has 2 amide bonds. The number of hydrogen-bond acceptors (Lipinski definition) is 3. The molecule has 0 aliphatic rings. The molecule has 0 heterocycles. The second-order valence-corrected chi connectivity index (χ2v) is 7.38. The molecule has 0 aliphatic heterocycles. The summed E-state index contributed by atoms with van der Waals surface area (Å²) in [5.74, 6) is 0.245. The van der Waals surface area contributed by atoms with Crippen LogP contribution in [-0.4, -0.2) is 35.4 Å². The lowest BCUT2D eigenvalue weighted by molar-refractivity contribution is -0.142.